The summed E-state index contributed by atoms with van der Waals surface area (Å²) in [4.78, 5) is 10.7. The number of unbranched alkanes of at least 4 members (excludes halogenated alkanes) is 1. The van der Waals surface area contributed by atoms with Crippen LogP contribution in [0.1, 0.15) is 45.1 Å². The van der Waals surface area contributed by atoms with Crippen LogP contribution in [0, 0.1) is 5.41 Å². The molecule has 0 spiro atoms. The fourth-order valence-corrected chi connectivity index (χ4v) is 2.08. The lowest BCUT2D eigenvalue weighted by atomic mass is 9.83. The number of carbonyl (C=O) groups is 1. The molecule has 2 nitrogen and oxygen atoms in total. The van der Waals surface area contributed by atoms with Gasteiger partial charge in [0.15, 0.2) is 0 Å². The number of aryl methyl sites for hydroxylation is 1. The lowest BCUT2D eigenvalue weighted by Crippen LogP contribution is -2.16. The van der Waals surface area contributed by atoms with Crippen molar-refractivity contribution in [2.45, 2.75) is 46.0 Å². The van der Waals surface area contributed by atoms with Crippen LogP contribution >= 0.6 is 0 Å². The first kappa shape index (κ1) is 13.8. The van der Waals surface area contributed by atoms with Gasteiger partial charge in [-0.1, -0.05) is 50.6 Å². The van der Waals surface area contributed by atoms with Gasteiger partial charge in [-0.2, -0.15) is 0 Å². The second kappa shape index (κ2) is 6.43. The van der Waals surface area contributed by atoms with Crippen molar-refractivity contribution in [2.75, 3.05) is 0 Å². The van der Waals surface area contributed by atoms with Crippen molar-refractivity contribution in [3.8, 4) is 0 Å². The average Bonchev–Trinajstić information content (AvgIpc) is 2.24. The number of hydrogen-bond acceptors (Lipinski definition) is 1. The summed E-state index contributed by atoms with van der Waals surface area (Å²) in [6.07, 6.45) is 4.55. The predicted molar refractivity (Wildman–Crippen MR) is 70.0 cm³/mol. The lowest BCUT2D eigenvalue weighted by Gasteiger charge is -2.21. The fourth-order valence-electron chi connectivity index (χ4n) is 2.08. The molecule has 0 aromatic heterocycles. The van der Waals surface area contributed by atoms with Crippen LogP contribution in [0.4, 0.5) is 0 Å². The molecule has 17 heavy (non-hydrogen) atoms. The summed E-state index contributed by atoms with van der Waals surface area (Å²) >= 11 is 0. The van der Waals surface area contributed by atoms with E-state index in [9.17, 15) is 4.79 Å². The molecule has 2 heteroatoms. The van der Waals surface area contributed by atoms with Crippen molar-refractivity contribution in [3.63, 3.8) is 0 Å². The van der Waals surface area contributed by atoms with Gasteiger partial charge in [0.05, 0.1) is 6.42 Å². The summed E-state index contributed by atoms with van der Waals surface area (Å²) in [5.74, 6) is -0.696. The highest BCUT2D eigenvalue weighted by Gasteiger charge is 2.20. The smallest absolute Gasteiger partial charge is 0.303 e. The van der Waals surface area contributed by atoms with Gasteiger partial charge < -0.3 is 5.11 Å². The molecule has 1 N–H and O–H groups in total. The number of benzene rings is 1. The Balaban J connectivity index is 2.22. The molecule has 0 aliphatic heterocycles. The van der Waals surface area contributed by atoms with Crippen LogP contribution in [0.2, 0.25) is 0 Å². The van der Waals surface area contributed by atoms with E-state index in [2.05, 4.69) is 24.3 Å². The maximum Gasteiger partial charge on any atom is 0.303 e. The van der Waals surface area contributed by atoms with Crippen molar-refractivity contribution in [1.82, 2.24) is 0 Å². The highest BCUT2D eigenvalue weighted by Crippen LogP contribution is 2.27. The van der Waals surface area contributed by atoms with Gasteiger partial charge in [0, 0.05) is 0 Å². The first-order chi connectivity index (χ1) is 7.99. The van der Waals surface area contributed by atoms with Crippen LogP contribution < -0.4 is 0 Å². The zero-order valence-corrected chi connectivity index (χ0v) is 10.8. The van der Waals surface area contributed by atoms with E-state index >= 15 is 0 Å². The third kappa shape index (κ3) is 6.10. The number of carboxylic acid groups (broad SMARTS) is 1. The highest BCUT2D eigenvalue weighted by atomic mass is 16.4. The van der Waals surface area contributed by atoms with Crippen LogP contribution in [-0.2, 0) is 11.2 Å². The zero-order valence-electron chi connectivity index (χ0n) is 10.8. The molecule has 0 radical (unpaired) electrons. The summed E-state index contributed by atoms with van der Waals surface area (Å²) in [7, 11) is 0. The van der Waals surface area contributed by atoms with Crippen LogP contribution in [0.25, 0.3) is 0 Å². The number of rotatable bonds is 7. The van der Waals surface area contributed by atoms with Crippen molar-refractivity contribution in [1.29, 1.82) is 0 Å². The molecule has 0 atom stereocenters. The van der Waals surface area contributed by atoms with Crippen LogP contribution in [-0.4, -0.2) is 11.1 Å². The van der Waals surface area contributed by atoms with Crippen LogP contribution in [0.5, 0.6) is 0 Å². The SMILES string of the molecule is CC(C)(CCCCc1ccccc1)CC(=O)O. The second-order valence-electron chi connectivity index (χ2n) is 5.43. The number of carboxylic acids is 1. The van der Waals surface area contributed by atoms with Crippen LogP contribution in [0.15, 0.2) is 30.3 Å². The molecular weight excluding hydrogens is 212 g/mol. The van der Waals surface area contributed by atoms with E-state index in [-0.39, 0.29) is 11.8 Å². The Hall–Kier alpha value is -1.31. The minimum Gasteiger partial charge on any atom is -0.481 e. The minimum atomic E-state index is -0.696. The Labute approximate surface area is 104 Å². The van der Waals surface area contributed by atoms with Crippen LogP contribution in [0.3, 0.4) is 0 Å². The summed E-state index contributed by atoms with van der Waals surface area (Å²) < 4.78 is 0. The zero-order chi connectivity index (χ0) is 12.7. The number of aliphatic carboxylic acids is 1. The first-order valence-corrected chi connectivity index (χ1v) is 6.25. The first-order valence-electron chi connectivity index (χ1n) is 6.25. The predicted octanol–water partition coefficient (Wildman–Crippen LogP) is 3.90. The van der Waals surface area contributed by atoms with E-state index in [1.165, 1.54) is 5.56 Å². The summed E-state index contributed by atoms with van der Waals surface area (Å²) in [5, 5.41) is 8.78. The third-order valence-electron chi connectivity index (χ3n) is 3.04. The van der Waals surface area contributed by atoms with Crippen molar-refractivity contribution in [2.24, 2.45) is 5.41 Å². The largest absolute Gasteiger partial charge is 0.481 e. The van der Waals surface area contributed by atoms with E-state index in [4.69, 9.17) is 5.11 Å². The molecule has 1 rings (SSSR count). The number of hydrogen-bond donors (Lipinski definition) is 1. The molecule has 1 aromatic rings. The van der Waals surface area contributed by atoms with Gasteiger partial charge in [-0.3, -0.25) is 4.79 Å². The quantitative estimate of drug-likeness (QED) is 0.726. The molecule has 0 bridgehead atoms. The van der Waals surface area contributed by atoms with E-state index in [0.717, 1.165) is 25.7 Å². The monoisotopic (exact) mass is 234 g/mol. The topological polar surface area (TPSA) is 37.3 Å². The molecule has 0 aliphatic carbocycles. The molecular formula is C15H22O2. The molecule has 0 aliphatic rings. The lowest BCUT2D eigenvalue weighted by molar-refractivity contribution is -0.139. The van der Waals surface area contributed by atoms with Gasteiger partial charge in [-0.05, 0) is 30.2 Å². The molecule has 0 fully saturated rings. The molecule has 0 amide bonds. The van der Waals surface area contributed by atoms with Gasteiger partial charge >= 0.3 is 5.97 Å². The molecule has 1 aromatic carbocycles. The molecule has 0 heterocycles. The van der Waals surface area contributed by atoms with E-state index in [0.29, 0.717) is 0 Å². The summed E-state index contributed by atoms with van der Waals surface area (Å²) in [6, 6.07) is 10.4. The highest BCUT2D eigenvalue weighted by molar-refractivity contribution is 5.67. The van der Waals surface area contributed by atoms with Gasteiger partial charge in [0.1, 0.15) is 0 Å². The summed E-state index contributed by atoms with van der Waals surface area (Å²) in [6.45, 7) is 4.06. The Morgan fingerprint density at radius 2 is 1.82 bits per heavy atom. The molecule has 0 unspecified atom stereocenters. The normalized spacial score (nSPS) is 11.4. The van der Waals surface area contributed by atoms with E-state index < -0.39 is 5.97 Å². The third-order valence-corrected chi connectivity index (χ3v) is 3.04. The van der Waals surface area contributed by atoms with Gasteiger partial charge in [0.2, 0.25) is 0 Å². The Morgan fingerprint density at radius 3 is 2.41 bits per heavy atom. The van der Waals surface area contributed by atoms with Crippen molar-refractivity contribution >= 4 is 5.97 Å². The Morgan fingerprint density at radius 1 is 1.18 bits per heavy atom. The minimum absolute atomic E-state index is 0.0808. The molecule has 0 saturated heterocycles. The summed E-state index contributed by atoms with van der Waals surface area (Å²) in [5.41, 5.74) is 1.28. The molecule has 94 valence electrons. The van der Waals surface area contributed by atoms with Gasteiger partial charge in [-0.15, -0.1) is 0 Å². The van der Waals surface area contributed by atoms with Crippen molar-refractivity contribution in [3.05, 3.63) is 35.9 Å². The van der Waals surface area contributed by atoms with E-state index in [1.807, 2.05) is 19.9 Å². The fraction of sp³-hybridized carbons (Fsp3) is 0.533. The average molecular weight is 234 g/mol. The maximum atomic E-state index is 10.7. The van der Waals surface area contributed by atoms with Crippen molar-refractivity contribution < 1.29 is 9.90 Å². The Bertz CT molecular complexity index is 341. The Kier molecular flexibility index (Phi) is 5.20. The standard InChI is InChI=1S/C15H22O2/c1-15(2,12-14(16)17)11-7-6-10-13-8-4-3-5-9-13/h3-5,8-9H,6-7,10-12H2,1-2H3,(H,16,17). The second-order valence-corrected chi connectivity index (χ2v) is 5.43. The molecule has 0 saturated carbocycles. The maximum absolute atomic E-state index is 10.7. The van der Waals surface area contributed by atoms with E-state index in [1.54, 1.807) is 0 Å². The van der Waals surface area contributed by atoms with Gasteiger partial charge in [0.25, 0.3) is 0 Å². The van der Waals surface area contributed by atoms with Gasteiger partial charge in [-0.25, -0.2) is 0 Å².